The van der Waals surface area contributed by atoms with Gasteiger partial charge in [0.1, 0.15) is 24.4 Å². The second-order valence-electron chi connectivity index (χ2n) is 11.1. The fourth-order valence-electron chi connectivity index (χ4n) is 5.70. The van der Waals surface area contributed by atoms with E-state index in [-0.39, 0.29) is 24.8 Å². The van der Waals surface area contributed by atoms with Crippen LogP contribution < -0.4 is 20.7 Å². The van der Waals surface area contributed by atoms with Crippen molar-refractivity contribution in [3.8, 4) is 5.75 Å². The molecule has 2 aromatic rings. The van der Waals surface area contributed by atoms with E-state index in [1.165, 1.54) is 0 Å². The average Bonchev–Trinajstić information content (AvgIpc) is 3.50. The number of aliphatic hydroxyl groups excluding tert-OH is 1. The number of hydrogen-bond donors (Lipinski definition) is 4. The highest BCUT2D eigenvalue weighted by Crippen LogP contribution is 2.23. The van der Waals surface area contributed by atoms with Crippen molar-refractivity contribution in [3.63, 3.8) is 0 Å². The Morgan fingerprint density at radius 2 is 1.79 bits per heavy atom. The molecule has 2 saturated heterocycles. The highest BCUT2D eigenvalue weighted by Gasteiger charge is 2.35. The lowest BCUT2D eigenvalue weighted by Crippen LogP contribution is -2.55. The number of carbonyl (C=O) groups excluding carboxylic acids is 4. The zero-order valence-electron chi connectivity index (χ0n) is 24.1. The van der Waals surface area contributed by atoms with Gasteiger partial charge >= 0.3 is 0 Å². The first-order chi connectivity index (χ1) is 20.9. The van der Waals surface area contributed by atoms with Gasteiger partial charge in [0.25, 0.3) is 5.91 Å². The molecule has 0 aliphatic carbocycles. The van der Waals surface area contributed by atoms with E-state index in [1.54, 1.807) is 29.2 Å². The van der Waals surface area contributed by atoms with Crippen molar-refractivity contribution < 1.29 is 33.8 Å². The molecular weight excluding hydrogens is 554 g/mol. The fourth-order valence-corrected chi connectivity index (χ4v) is 5.70. The number of ether oxygens (including phenoxy) is 2. The van der Waals surface area contributed by atoms with Gasteiger partial charge in [-0.2, -0.15) is 0 Å². The fraction of sp³-hybridized carbons (Fsp3) is 0.484. The molecule has 12 nitrogen and oxygen atoms in total. The Hall–Kier alpha value is -4.00. The molecule has 3 aliphatic heterocycles. The summed E-state index contributed by atoms with van der Waals surface area (Å²) < 4.78 is 11.4. The molecule has 0 unspecified atom stereocenters. The van der Waals surface area contributed by atoms with Gasteiger partial charge in [-0.25, -0.2) is 0 Å². The van der Waals surface area contributed by atoms with Crippen molar-refractivity contribution in [2.75, 3.05) is 46.1 Å². The van der Waals surface area contributed by atoms with Crippen molar-refractivity contribution in [3.05, 3.63) is 65.2 Å². The topological polar surface area (TPSA) is 150 Å². The number of morpholine rings is 1. The molecule has 0 aromatic heterocycles. The summed E-state index contributed by atoms with van der Waals surface area (Å²) in [5.74, 6) is -1.85. The quantitative estimate of drug-likeness (QED) is 0.371. The number of aliphatic hydroxyl groups is 1. The summed E-state index contributed by atoms with van der Waals surface area (Å²) in [6, 6.07) is 11.9. The van der Waals surface area contributed by atoms with Gasteiger partial charge in [0, 0.05) is 32.7 Å². The predicted molar refractivity (Wildman–Crippen MR) is 156 cm³/mol. The van der Waals surface area contributed by atoms with E-state index >= 15 is 0 Å². The Morgan fingerprint density at radius 1 is 1.00 bits per heavy atom. The lowest BCUT2D eigenvalue weighted by molar-refractivity contribution is -0.139. The SMILES string of the molecule is O=C1C[C@@H](C(=O)NCc2cccc(CN3CCOCC3)c2)NC(=O)c2ccccc2OC[C@H]2CCCN2C(=O)[C@H](CO)N1. The monoisotopic (exact) mass is 593 g/mol. The summed E-state index contributed by atoms with van der Waals surface area (Å²) in [6.07, 6.45) is 1.03. The number of para-hydroxylation sites is 1. The van der Waals surface area contributed by atoms with Crippen LogP contribution in [0, 0.1) is 0 Å². The molecule has 230 valence electrons. The van der Waals surface area contributed by atoms with E-state index in [4.69, 9.17) is 9.47 Å². The molecule has 0 spiro atoms. The smallest absolute Gasteiger partial charge is 0.255 e. The van der Waals surface area contributed by atoms with Gasteiger partial charge in [0.2, 0.25) is 17.7 Å². The van der Waals surface area contributed by atoms with E-state index < -0.39 is 48.7 Å². The van der Waals surface area contributed by atoms with Gasteiger partial charge in [0.05, 0.1) is 37.8 Å². The summed E-state index contributed by atoms with van der Waals surface area (Å²) in [5, 5.41) is 18.0. The van der Waals surface area contributed by atoms with Gasteiger partial charge in [-0.15, -0.1) is 0 Å². The number of hydrogen-bond acceptors (Lipinski definition) is 8. The first-order valence-electron chi connectivity index (χ1n) is 14.8. The van der Waals surface area contributed by atoms with Gasteiger partial charge in [-0.1, -0.05) is 36.4 Å². The number of benzene rings is 2. The molecule has 5 rings (SSSR count). The summed E-state index contributed by atoms with van der Waals surface area (Å²) in [4.78, 5) is 57.0. The number of rotatable bonds is 6. The van der Waals surface area contributed by atoms with Crippen LogP contribution in [-0.2, 0) is 32.2 Å². The molecule has 2 fully saturated rings. The average molecular weight is 594 g/mol. The molecule has 12 heteroatoms. The second kappa shape index (κ2) is 14.5. The third-order valence-corrected chi connectivity index (χ3v) is 8.02. The van der Waals surface area contributed by atoms with Gasteiger partial charge in [-0.3, -0.25) is 24.1 Å². The van der Waals surface area contributed by atoms with E-state index in [1.807, 2.05) is 24.3 Å². The molecule has 3 atom stereocenters. The Kier molecular flexibility index (Phi) is 10.2. The number of carbonyl (C=O) groups is 4. The van der Waals surface area contributed by atoms with Gasteiger partial charge in [-0.05, 0) is 36.1 Å². The molecule has 3 aliphatic rings. The molecule has 2 aromatic carbocycles. The Labute approximate surface area is 250 Å². The van der Waals surface area contributed by atoms with Crippen molar-refractivity contribution >= 4 is 23.6 Å². The third-order valence-electron chi connectivity index (χ3n) is 8.02. The number of fused-ring (bicyclic) bond motifs is 2. The summed E-state index contributed by atoms with van der Waals surface area (Å²) >= 11 is 0. The van der Waals surface area contributed by atoms with Crippen LogP contribution in [0.2, 0.25) is 0 Å². The van der Waals surface area contributed by atoms with Crippen LogP contribution in [0.4, 0.5) is 0 Å². The summed E-state index contributed by atoms with van der Waals surface area (Å²) in [7, 11) is 0. The first kappa shape index (κ1) is 30.5. The van der Waals surface area contributed by atoms with Crippen LogP contribution >= 0.6 is 0 Å². The minimum absolute atomic E-state index is 0.149. The van der Waals surface area contributed by atoms with Crippen LogP contribution in [0.3, 0.4) is 0 Å². The van der Waals surface area contributed by atoms with Crippen molar-refractivity contribution in [1.82, 2.24) is 25.8 Å². The lowest BCUT2D eigenvalue weighted by Gasteiger charge is -2.29. The molecule has 43 heavy (non-hydrogen) atoms. The molecule has 3 heterocycles. The van der Waals surface area contributed by atoms with Crippen molar-refractivity contribution in [2.24, 2.45) is 0 Å². The molecule has 0 radical (unpaired) electrons. The van der Waals surface area contributed by atoms with Crippen molar-refractivity contribution in [1.29, 1.82) is 0 Å². The summed E-state index contributed by atoms with van der Waals surface area (Å²) in [6.45, 7) is 4.13. The number of nitrogens with zero attached hydrogens (tertiary/aromatic N) is 2. The van der Waals surface area contributed by atoms with E-state index in [9.17, 15) is 24.3 Å². The van der Waals surface area contributed by atoms with Crippen LogP contribution in [0.5, 0.6) is 5.75 Å². The highest BCUT2D eigenvalue weighted by molar-refractivity contribution is 6.01. The molecule has 0 bridgehead atoms. The molecule has 4 N–H and O–H groups in total. The first-order valence-corrected chi connectivity index (χ1v) is 14.8. The van der Waals surface area contributed by atoms with Crippen LogP contribution in [-0.4, -0.2) is 103 Å². The maximum absolute atomic E-state index is 13.4. The Morgan fingerprint density at radius 3 is 2.60 bits per heavy atom. The maximum Gasteiger partial charge on any atom is 0.255 e. The largest absolute Gasteiger partial charge is 0.491 e. The van der Waals surface area contributed by atoms with E-state index in [2.05, 4.69) is 20.9 Å². The number of amides is 4. The zero-order valence-corrected chi connectivity index (χ0v) is 24.1. The van der Waals surface area contributed by atoms with Crippen LogP contribution in [0.25, 0.3) is 0 Å². The highest BCUT2D eigenvalue weighted by atomic mass is 16.5. The molecule has 0 saturated carbocycles. The second-order valence-corrected chi connectivity index (χ2v) is 11.1. The van der Waals surface area contributed by atoms with Gasteiger partial charge in [0.15, 0.2) is 0 Å². The standard InChI is InChI=1S/C31H39N5O7/c37-19-26-31(41)36-10-4-7-23(36)20-43-27-9-2-1-8-24(27)29(39)34-25(16-28(38)33-26)30(40)32-17-21-5-3-6-22(15-21)18-35-11-13-42-14-12-35/h1-3,5-6,8-9,15,23,25-26,37H,4,7,10-14,16-20H2,(H,32,40)(H,33,38)(H,34,39)/t23-,25+,26+/m1/s1. The third kappa shape index (κ3) is 7.89. The van der Waals surface area contributed by atoms with E-state index in [0.29, 0.717) is 31.9 Å². The molecule has 4 amide bonds. The van der Waals surface area contributed by atoms with Crippen molar-refractivity contribution in [2.45, 2.75) is 50.5 Å². The number of nitrogens with one attached hydrogen (secondary N) is 3. The minimum atomic E-state index is -1.24. The summed E-state index contributed by atoms with van der Waals surface area (Å²) in [5.41, 5.74) is 2.20. The normalized spacial score (nSPS) is 23.7. The zero-order chi connectivity index (χ0) is 30.2. The van der Waals surface area contributed by atoms with E-state index in [0.717, 1.165) is 37.2 Å². The Bertz CT molecular complexity index is 1310. The van der Waals surface area contributed by atoms with Crippen LogP contribution in [0.1, 0.15) is 40.7 Å². The Balaban J connectivity index is 1.31. The lowest BCUT2D eigenvalue weighted by atomic mass is 10.1. The predicted octanol–water partition coefficient (Wildman–Crippen LogP) is 0.184. The molecular formula is C31H39N5O7. The maximum atomic E-state index is 13.4. The minimum Gasteiger partial charge on any atom is -0.491 e. The van der Waals surface area contributed by atoms with Crippen LogP contribution in [0.15, 0.2) is 48.5 Å². The van der Waals surface area contributed by atoms with Gasteiger partial charge < -0.3 is 35.4 Å².